The summed E-state index contributed by atoms with van der Waals surface area (Å²) in [5.41, 5.74) is 5.33. The van der Waals surface area contributed by atoms with Gasteiger partial charge >= 0.3 is 0 Å². The largest absolute Gasteiger partial charge is 0.317 e. The number of benzene rings is 2. The first kappa shape index (κ1) is 13.9. The predicted molar refractivity (Wildman–Crippen MR) is 87.4 cm³/mol. The van der Waals surface area contributed by atoms with Gasteiger partial charge in [0.1, 0.15) is 0 Å². The SMILES string of the molecule is S=c1[nH]nc(-c2ccccc2)n1NCc1cccc(Cl)c1. The first-order chi connectivity index (χ1) is 10.2. The number of aromatic nitrogens is 3. The fraction of sp³-hybridized carbons (Fsp3) is 0.0667. The second-order valence-corrected chi connectivity index (χ2v) is 5.34. The van der Waals surface area contributed by atoms with Gasteiger partial charge in [0, 0.05) is 10.6 Å². The highest BCUT2D eigenvalue weighted by molar-refractivity contribution is 7.71. The lowest BCUT2D eigenvalue weighted by atomic mass is 10.2. The maximum absolute atomic E-state index is 5.99. The van der Waals surface area contributed by atoms with Crippen LogP contribution in [-0.2, 0) is 6.54 Å². The standard InChI is InChI=1S/C15H13ClN4S/c16-13-8-4-5-11(9-13)10-17-20-14(18-19-15(20)21)12-6-2-1-3-7-12/h1-9,17H,10H2,(H,19,21). The number of nitrogens with one attached hydrogen (secondary N) is 2. The van der Waals surface area contributed by atoms with Crippen molar-refractivity contribution in [1.29, 1.82) is 0 Å². The molecule has 106 valence electrons. The van der Waals surface area contributed by atoms with Crippen molar-refractivity contribution in [3.05, 3.63) is 70.0 Å². The summed E-state index contributed by atoms with van der Waals surface area (Å²) < 4.78 is 2.29. The summed E-state index contributed by atoms with van der Waals surface area (Å²) in [7, 11) is 0. The van der Waals surface area contributed by atoms with Crippen LogP contribution in [0.4, 0.5) is 0 Å². The molecule has 2 N–H and O–H groups in total. The number of nitrogens with zero attached hydrogens (tertiary/aromatic N) is 2. The van der Waals surface area contributed by atoms with Crippen LogP contribution >= 0.6 is 23.8 Å². The fourth-order valence-electron chi connectivity index (χ4n) is 2.04. The van der Waals surface area contributed by atoms with E-state index in [9.17, 15) is 0 Å². The van der Waals surface area contributed by atoms with E-state index in [1.165, 1.54) is 0 Å². The molecule has 0 atom stereocenters. The summed E-state index contributed by atoms with van der Waals surface area (Å²) >= 11 is 11.3. The lowest BCUT2D eigenvalue weighted by Gasteiger charge is -2.10. The minimum atomic E-state index is 0.524. The lowest BCUT2D eigenvalue weighted by molar-refractivity contribution is 0.832. The van der Waals surface area contributed by atoms with Gasteiger partial charge < -0.3 is 5.43 Å². The number of hydrogen-bond acceptors (Lipinski definition) is 3. The molecule has 0 unspecified atom stereocenters. The molecule has 21 heavy (non-hydrogen) atoms. The zero-order valence-corrected chi connectivity index (χ0v) is 12.7. The minimum Gasteiger partial charge on any atom is -0.317 e. The van der Waals surface area contributed by atoms with E-state index < -0.39 is 0 Å². The zero-order valence-electron chi connectivity index (χ0n) is 11.1. The Morgan fingerprint density at radius 3 is 2.71 bits per heavy atom. The average Bonchev–Trinajstić information content (AvgIpc) is 2.87. The summed E-state index contributed by atoms with van der Waals surface area (Å²) in [5, 5.41) is 7.80. The Bertz CT molecular complexity index is 795. The Labute approximate surface area is 132 Å². The molecule has 3 rings (SSSR count). The maximum Gasteiger partial charge on any atom is 0.214 e. The van der Waals surface area contributed by atoms with Gasteiger partial charge in [0.2, 0.25) is 4.77 Å². The minimum absolute atomic E-state index is 0.524. The van der Waals surface area contributed by atoms with E-state index in [0.29, 0.717) is 16.3 Å². The summed E-state index contributed by atoms with van der Waals surface area (Å²) in [6.45, 7) is 0.605. The van der Waals surface area contributed by atoms with Gasteiger partial charge in [-0.15, -0.1) is 0 Å². The van der Waals surface area contributed by atoms with Gasteiger partial charge in [-0.1, -0.05) is 54.1 Å². The van der Waals surface area contributed by atoms with E-state index in [4.69, 9.17) is 23.8 Å². The van der Waals surface area contributed by atoms with Crippen LogP contribution in [0.1, 0.15) is 5.56 Å². The van der Waals surface area contributed by atoms with E-state index >= 15 is 0 Å². The van der Waals surface area contributed by atoms with Crippen LogP contribution < -0.4 is 5.43 Å². The Hall–Kier alpha value is -2.11. The second kappa shape index (κ2) is 6.11. The topological polar surface area (TPSA) is 45.6 Å². The van der Waals surface area contributed by atoms with Crippen molar-refractivity contribution in [3.63, 3.8) is 0 Å². The molecule has 0 spiro atoms. The first-order valence-corrected chi connectivity index (χ1v) is 7.24. The van der Waals surface area contributed by atoms with Crippen molar-refractivity contribution in [1.82, 2.24) is 14.9 Å². The molecule has 0 saturated heterocycles. The smallest absolute Gasteiger partial charge is 0.214 e. The van der Waals surface area contributed by atoms with Gasteiger partial charge in [-0.05, 0) is 29.9 Å². The van der Waals surface area contributed by atoms with Gasteiger partial charge in [0.25, 0.3) is 0 Å². The molecule has 0 fully saturated rings. The molecule has 3 aromatic rings. The summed E-state index contributed by atoms with van der Waals surface area (Å²) in [5.74, 6) is 0.752. The number of rotatable bonds is 4. The molecule has 0 radical (unpaired) electrons. The average molecular weight is 317 g/mol. The van der Waals surface area contributed by atoms with Crippen LogP contribution in [0, 0.1) is 4.77 Å². The molecule has 0 aliphatic rings. The second-order valence-electron chi connectivity index (χ2n) is 4.52. The monoisotopic (exact) mass is 316 g/mol. The molecule has 0 bridgehead atoms. The third kappa shape index (κ3) is 3.15. The van der Waals surface area contributed by atoms with Crippen LogP contribution in [0.3, 0.4) is 0 Å². The molecule has 4 nitrogen and oxygen atoms in total. The van der Waals surface area contributed by atoms with E-state index in [1.54, 1.807) is 4.68 Å². The highest BCUT2D eigenvalue weighted by Gasteiger charge is 2.08. The quantitative estimate of drug-likeness (QED) is 0.715. The van der Waals surface area contributed by atoms with Crippen molar-refractivity contribution in [3.8, 4) is 11.4 Å². The van der Waals surface area contributed by atoms with Gasteiger partial charge in [-0.3, -0.25) is 0 Å². The number of H-pyrrole nitrogens is 1. The normalized spacial score (nSPS) is 10.5. The van der Waals surface area contributed by atoms with E-state index in [-0.39, 0.29) is 0 Å². The Balaban J connectivity index is 1.86. The van der Waals surface area contributed by atoms with Crippen molar-refractivity contribution >= 4 is 23.8 Å². The van der Waals surface area contributed by atoms with Gasteiger partial charge in [-0.2, -0.15) is 5.10 Å². The highest BCUT2D eigenvalue weighted by Crippen LogP contribution is 2.16. The van der Waals surface area contributed by atoms with E-state index in [2.05, 4.69) is 15.6 Å². The third-order valence-electron chi connectivity index (χ3n) is 3.03. The Kier molecular flexibility index (Phi) is 4.03. The van der Waals surface area contributed by atoms with E-state index in [0.717, 1.165) is 17.0 Å². The van der Waals surface area contributed by atoms with Crippen LogP contribution in [0.15, 0.2) is 54.6 Å². The van der Waals surface area contributed by atoms with Crippen molar-refractivity contribution in [2.24, 2.45) is 0 Å². The van der Waals surface area contributed by atoms with Crippen molar-refractivity contribution in [2.45, 2.75) is 6.54 Å². The molecule has 0 aliphatic heterocycles. The molecule has 0 amide bonds. The number of aromatic amines is 1. The van der Waals surface area contributed by atoms with Gasteiger partial charge in [0.05, 0.1) is 6.54 Å². The summed E-state index contributed by atoms with van der Waals surface area (Å²) in [6.07, 6.45) is 0. The molecular formula is C15H13ClN4S. The maximum atomic E-state index is 5.99. The molecule has 2 aromatic carbocycles. The van der Waals surface area contributed by atoms with Crippen molar-refractivity contribution in [2.75, 3.05) is 5.43 Å². The molecule has 0 saturated carbocycles. The predicted octanol–water partition coefficient (Wildman–Crippen LogP) is 4.00. The summed E-state index contributed by atoms with van der Waals surface area (Å²) in [6, 6.07) is 17.6. The van der Waals surface area contributed by atoms with Crippen LogP contribution in [0.2, 0.25) is 5.02 Å². The zero-order chi connectivity index (χ0) is 14.7. The Morgan fingerprint density at radius 1 is 1.14 bits per heavy atom. The van der Waals surface area contributed by atoms with Crippen molar-refractivity contribution < 1.29 is 0 Å². The lowest BCUT2D eigenvalue weighted by Crippen LogP contribution is -2.15. The van der Waals surface area contributed by atoms with Gasteiger partial charge in [0.15, 0.2) is 5.82 Å². The van der Waals surface area contributed by atoms with E-state index in [1.807, 2.05) is 54.6 Å². The number of halogens is 1. The van der Waals surface area contributed by atoms with Gasteiger partial charge in [-0.25, -0.2) is 9.77 Å². The fourth-order valence-corrected chi connectivity index (χ4v) is 2.45. The summed E-state index contributed by atoms with van der Waals surface area (Å²) in [4.78, 5) is 0. The molecule has 1 aromatic heterocycles. The van der Waals surface area contributed by atoms with Crippen LogP contribution in [0.5, 0.6) is 0 Å². The molecule has 6 heteroatoms. The highest BCUT2D eigenvalue weighted by atomic mass is 35.5. The van der Waals surface area contributed by atoms with Crippen LogP contribution in [-0.4, -0.2) is 14.9 Å². The molecular weight excluding hydrogens is 304 g/mol. The first-order valence-electron chi connectivity index (χ1n) is 6.45. The Morgan fingerprint density at radius 2 is 1.95 bits per heavy atom. The third-order valence-corrected chi connectivity index (χ3v) is 3.54. The van der Waals surface area contributed by atoms with Crippen LogP contribution in [0.25, 0.3) is 11.4 Å². The number of hydrogen-bond donors (Lipinski definition) is 2. The molecule has 1 heterocycles. The molecule has 0 aliphatic carbocycles.